The molecule has 0 aliphatic carbocycles. The van der Waals surface area contributed by atoms with E-state index >= 15 is 0 Å². The van der Waals surface area contributed by atoms with Crippen LogP contribution in [0, 0.1) is 12.8 Å². The summed E-state index contributed by atoms with van der Waals surface area (Å²) in [5, 5.41) is 23.0. The van der Waals surface area contributed by atoms with E-state index in [1.54, 1.807) is 13.8 Å². The standard InChI is InChI=1S/C24H32N7O11PS/c1-10(2)20(34)27-23-26-19-18(22(36)28-23)25-9-31(19)17-5-13(14(7-32)40-17)42-43(38,44)39-8-15-12(33)4-16(41-15)30-6-11(3)21(35)29-24(30)37/h6,9-10,12-17,32-33H,4-5,7-8H2,1-3H3,(H,38,44)(H,29,35,37)(H2,26,27,28,34,36)/t12-,13-,14+,15+,16+,17+,43?/m0/s1. The summed E-state index contributed by atoms with van der Waals surface area (Å²) in [5.41, 5.74) is -1.45. The van der Waals surface area contributed by atoms with Gasteiger partial charge in [-0.3, -0.25) is 38.8 Å². The number of ether oxygens (including phenoxy) is 2. The number of nitrogens with one attached hydrogen (secondary N) is 3. The molecule has 5 heterocycles. The summed E-state index contributed by atoms with van der Waals surface area (Å²) in [6.07, 6.45) is -3.02. The number of carbonyl (C=O) groups is 1. The van der Waals surface area contributed by atoms with Crippen LogP contribution in [0.25, 0.3) is 11.2 Å². The van der Waals surface area contributed by atoms with Crippen molar-refractivity contribution < 1.29 is 38.4 Å². The number of nitrogens with zero attached hydrogens (tertiary/aromatic N) is 4. The molecule has 3 aromatic rings. The smallest absolute Gasteiger partial charge is 0.330 e. The zero-order valence-corrected chi connectivity index (χ0v) is 25.5. The normalized spacial score (nSPS) is 26.8. The molecule has 20 heteroatoms. The number of aliphatic hydroxyl groups is 2. The van der Waals surface area contributed by atoms with Crippen LogP contribution in [0.4, 0.5) is 5.95 Å². The van der Waals surface area contributed by atoms with Crippen molar-refractivity contribution in [1.29, 1.82) is 0 Å². The van der Waals surface area contributed by atoms with Gasteiger partial charge in [0, 0.05) is 30.5 Å². The molecule has 0 aromatic carbocycles. The number of aryl methyl sites for hydroxylation is 1. The molecule has 5 rings (SSSR count). The van der Waals surface area contributed by atoms with Crippen LogP contribution in [0.15, 0.2) is 26.9 Å². The van der Waals surface area contributed by atoms with Gasteiger partial charge in [0.25, 0.3) is 11.1 Å². The van der Waals surface area contributed by atoms with E-state index in [1.165, 1.54) is 24.0 Å². The third-order valence-electron chi connectivity index (χ3n) is 7.20. The molecule has 44 heavy (non-hydrogen) atoms. The Balaban J connectivity index is 1.25. The van der Waals surface area contributed by atoms with Crippen LogP contribution in [0.2, 0.25) is 0 Å². The summed E-state index contributed by atoms with van der Waals surface area (Å²) in [5.74, 6) is -0.796. The zero-order valence-electron chi connectivity index (χ0n) is 23.8. The van der Waals surface area contributed by atoms with Crippen LogP contribution in [0.1, 0.15) is 44.7 Å². The van der Waals surface area contributed by atoms with Crippen molar-refractivity contribution in [3.05, 3.63) is 49.3 Å². The van der Waals surface area contributed by atoms with E-state index in [4.69, 9.17) is 30.3 Å². The number of H-pyrrole nitrogens is 2. The maximum absolute atomic E-state index is 12.6. The molecule has 2 fully saturated rings. The molecule has 2 aliphatic rings. The SMILES string of the molecule is Cc1cn([C@H]2C[C@H](O)[C@@H](COP(O)(=S)O[C@H]3C[C@H](n4cnc5c(=O)[nH]c(NC(=O)C(C)C)nc54)O[C@@H]3CO)O2)c(=O)[nH]c1=O. The Morgan fingerprint density at radius 1 is 1.18 bits per heavy atom. The number of aromatic amines is 2. The molecule has 1 amide bonds. The Kier molecular flexibility index (Phi) is 9.31. The monoisotopic (exact) mass is 657 g/mol. The number of carbonyl (C=O) groups excluding carboxylic acids is 1. The van der Waals surface area contributed by atoms with E-state index in [1.807, 2.05) is 0 Å². The van der Waals surface area contributed by atoms with Gasteiger partial charge in [0.1, 0.15) is 24.7 Å². The Hall–Kier alpha value is -3.13. The van der Waals surface area contributed by atoms with Gasteiger partial charge < -0.3 is 33.6 Å². The lowest BCUT2D eigenvalue weighted by atomic mass is 10.2. The second-order valence-electron chi connectivity index (χ2n) is 10.7. The third kappa shape index (κ3) is 6.75. The number of aliphatic hydroxyl groups excluding tert-OH is 2. The van der Waals surface area contributed by atoms with E-state index in [0.29, 0.717) is 0 Å². The molecule has 7 atom stereocenters. The van der Waals surface area contributed by atoms with Crippen molar-refractivity contribution in [2.24, 2.45) is 5.92 Å². The molecule has 6 N–H and O–H groups in total. The van der Waals surface area contributed by atoms with Crippen LogP contribution < -0.4 is 22.1 Å². The van der Waals surface area contributed by atoms with Gasteiger partial charge in [-0.05, 0) is 18.7 Å². The number of rotatable bonds is 10. The van der Waals surface area contributed by atoms with Crippen LogP contribution >= 0.6 is 6.72 Å². The molecular formula is C24H32N7O11PS. The Labute approximate surface area is 253 Å². The fourth-order valence-corrected chi connectivity index (χ4v) is 6.28. The minimum Gasteiger partial charge on any atom is -0.394 e. The summed E-state index contributed by atoms with van der Waals surface area (Å²) in [6, 6.07) is 0. The Morgan fingerprint density at radius 2 is 1.89 bits per heavy atom. The van der Waals surface area contributed by atoms with E-state index < -0.39 is 67.0 Å². The van der Waals surface area contributed by atoms with Gasteiger partial charge >= 0.3 is 12.4 Å². The summed E-state index contributed by atoms with van der Waals surface area (Å²) in [4.78, 5) is 72.4. The van der Waals surface area contributed by atoms with Crippen molar-refractivity contribution in [3.8, 4) is 0 Å². The first-order valence-electron chi connectivity index (χ1n) is 13.6. The maximum Gasteiger partial charge on any atom is 0.330 e. The molecule has 2 saturated heterocycles. The molecule has 0 radical (unpaired) electrons. The number of hydrogen-bond donors (Lipinski definition) is 6. The lowest BCUT2D eigenvalue weighted by Crippen LogP contribution is -2.33. The minimum atomic E-state index is -3.99. The number of anilines is 1. The largest absolute Gasteiger partial charge is 0.394 e. The molecule has 240 valence electrons. The van der Waals surface area contributed by atoms with E-state index in [0.717, 1.165) is 4.57 Å². The average molecular weight is 658 g/mol. The highest BCUT2D eigenvalue weighted by molar-refractivity contribution is 8.07. The predicted octanol–water partition coefficient (Wildman–Crippen LogP) is -0.880. The first-order valence-corrected chi connectivity index (χ1v) is 16.2. The van der Waals surface area contributed by atoms with Gasteiger partial charge in [0.2, 0.25) is 11.9 Å². The maximum atomic E-state index is 12.6. The van der Waals surface area contributed by atoms with Crippen molar-refractivity contribution in [1.82, 2.24) is 29.1 Å². The fraction of sp³-hybridized carbons (Fsp3) is 0.583. The summed E-state index contributed by atoms with van der Waals surface area (Å²) in [6.45, 7) is 0.00922. The predicted molar refractivity (Wildman–Crippen MR) is 155 cm³/mol. The number of imidazole rings is 1. The quantitative estimate of drug-likeness (QED) is 0.145. The van der Waals surface area contributed by atoms with Crippen LogP contribution in [0.3, 0.4) is 0 Å². The second-order valence-corrected chi connectivity index (χ2v) is 13.5. The summed E-state index contributed by atoms with van der Waals surface area (Å²) < 4.78 is 25.4. The van der Waals surface area contributed by atoms with Crippen molar-refractivity contribution in [3.63, 3.8) is 0 Å². The van der Waals surface area contributed by atoms with Gasteiger partial charge in [-0.15, -0.1) is 0 Å². The van der Waals surface area contributed by atoms with Crippen LogP contribution in [-0.2, 0) is 35.1 Å². The topological polar surface area (TPSA) is 245 Å². The van der Waals surface area contributed by atoms with Crippen molar-refractivity contribution in [2.45, 2.75) is 70.5 Å². The molecule has 1 unspecified atom stereocenters. The van der Waals surface area contributed by atoms with E-state index in [2.05, 4.69) is 25.3 Å². The third-order valence-corrected chi connectivity index (χ3v) is 8.79. The summed E-state index contributed by atoms with van der Waals surface area (Å²) in [7, 11) is 0. The first kappa shape index (κ1) is 32.3. The number of hydrogen-bond acceptors (Lipinski definition) is 13. The fourth-order valence-electron chi connectivity index (χ4n) is 4.81. The van der Waals surface area contributed by atoms with Gasteiger partial charge in [0.05, 0.1) is 31.7 Å². The van der Waals surface area contributed by atoms with Gasteiger partial charge in [-0.25, -0.2) is 9.78 Å². The molecule has 0 bridgehead atoms. The average Bonchev–Trinajstić information content (AvgIpc) is 3.66. The lowest BCUT2D eigenvalue weighted by molar-refractivity contribution is -0.118. The highest BCUT2D eigenvalue weighted by Gasteiger charge is 2.42. The second kappa shape index (κ2) is 12.7. The van der Waals surface area contributed by atoms with Gasteiger partial charge in [0.15, 0.2) is 11.2 Å². The molecular weight excluding hydrogens is 625 g/mol. The highest BCUT2D eigenvalue weighted by atomic mass is 32.5. The molecule has 0 saturated carbocycles. The van der Waals surface area contributed by atoms with Crippen LogP contribution in [-0.4, -0.2) is 87.7 Å². The van der Waals surface area contributed by atoms with Gasteiger partial charge in [-0.1, -0.05) is 13.8 Å². The molecule has 3 aromatic heterocycles. The first-order chi connectivity index (χ1) is 20.8. The van der Waals surface area contributed by atoms with Crippen molar-refractivity contribution in [2.75, 3.05) is 18.5 Å². The molecule has 2 aliphatic heterocycles. The van der Waals surface area contributed by atoms with Gasteiger partial charge in [-0.2, -0.15) is 4.98 Å². The Morgan fingerprint density at radius 3 is 2.59 bits per heavy atom. The molecule has 18 nitrogen and oxygen atoms in total. The Bertz CT molecular complexity index is 1770. The molecule has 0 spiro atoms. The zero-order chi connectivity index (χ0) is 31.9. The number of amides is 1. The number of aromatic nitrogens is 6. The summed E-state index contributed by atoms with van der Waals surface area (Å²) >= 11 is 5.18. The van der Waals surface area contributed by atoms with Crippen LogP contribution in [0.5, 0.6) is 0 Å². The minimum absolute atomic E-state index is 0.00983. The number of fused-ring (bicyclic) bond motifs is 1. The highest BCUT2D eigenvalue weighted by Crippen LogP contribution is 2.49. The van der Waals surface area contributed by atoms with E-state index in [-0.39, 0.29) is 53.9 Å². The van der Waals surface area contributed by atoms with E-state index in [9.17, 15) is 34.3 Å². The lowest BCUT2D eigenvalue weighted by Gasteiger charge is -2.24. The van der Waals surface area contributed by atoms with Crippen molar-refractivity contribution >= 4 is 41.5 Å².